The molecule has 0 atom stereocenters. The van der Waals surface area contributed by atoms with E-state index in [-0.39, 0.29) is 5.91 Å². The highest BCUT2D eigenvalue weighted by molar-refractivity contribution is 6.30. The molecule has 1 aromatic rings. The molecular formula is C22H23ClN2O. The van der Waals surface area contributed by atoms with Gasteiger partial charge in [0.15, 0.2) is 0 Å². The number of hydrogen-bond donors (Lipinski definition) is 0. The summed E-state index contributed by atoms with van der Waals surface area (Å²) in [6, 6.07) is 4.18. The summed E-state index contributed by atoms with van der Waals surface area (Å²) in [4.78, 5) is 18.8. The van der Waals surface area contributed by atoms with Crippen molar-refractivity contribution in [1.29, 1.82) is 0 Å². The monoisotopic (exact) mass is 366 g/mol. The highest BCUT2D eigenvalue weighted by atomic mass is 35.5. The van der Waals surface area contributed by atoms with Crippen LogP contribution in [-0.4, -0.2) is 28.9 Å². The molecule has 2 heterocycles. The molecule has 1 amide bonds. The lowest BCUT2D eigenvalue weighted by atomic mass is 9.85. The van der Waals surface area contributed by atoms with Crippen LogP contribution in [0.1, 0.15) is 43.9 Å². The zero-order valence-electron chi connectivity index (χ0n) is 15.1. The number of hydrogen-bond acceptors (Lipinski definition) is 2. The molecule has 2 aliphatic carbocycles. The number of rotatable bonds is 1. The average Bonchev–Trinajstić information content (AvgIpc) is 2.84. The van der Waals surface area contributed by atoms with E-state index in [1.165, 1.54) is 27.9 Å². The SMILES string of the molecule is CCC(=O)N1CCC(=C2C3=CC=C(Cl)CC3=CCc3cccnc32)CC1. The molecule has 1 aliphatic heterocycles. The number of nitrogens with zero attached hydrogens (tertiary/aromatic N) is 2. The van der Waals surface area contributed by atoms with Crippen molar-refractivity contribution in [2.75, 3.05) is 13.1 Å². The van der Waals surface area contributed by atoms with Gasteiger partial charge >= 0.3 is 0 Å². The van der Waals surface area contributed by atoms with Crippen molar-refractivity contribution in [3.8, 4) is 0 Å². The van der Waals surface area contributed by atoms with Crippen molar-refractivity contribution >= 4 is 23.1 Å². The summed E-state index contributed by atoms with van der Waals surface area (Å²) in [5.74, 6) is 0.251. The normalized spacial score (nSPS) is 19.8. The van der Waals surface area contributed by atoms with Crippen molar-refractivity contribution < 1.29 is 4.79 Å². The molecule has 134 valence electrons. The van der Waals surface area contributed by atoms with Gasteiger partial charge in [-0.2, -0.15) is 0 Å². The molecule has 3 nitrogen and oxygen atoms in total. The summed E-state index contributed by atoms with van der Waals surface area (Å²) in [6.45, 7) is 3.54. The summed E-state index contributed by atoms with van der Waals surface area (Å²) in [6.07, 6.45) is 12.4. The third kappa shape index (κ3) is 3.16. The van der Waals surface area contributed by atoms with Crippen molar-refractivity contribution in [3.05, 3.63) is 69.6 Å². The molecule has 0 saturated carbocycles. The van der Waals surface area contributed by atoms with E-state index < -0.39 is 0 Å². The number of pyridine rings is 1. The number of fused-ring (bicyclic) bond motifs is 2. The molecule has 0 bridgehead atoms. The summed E-state index contributed by atoms with van der Waals surface area (Å²) in [5.41, 5.74) is 7.61. The van der Waals surface area contributed by atoms with Crippen LogP contribution in [0.25, 0.3) is 5.57 Å². The van der Waals surface area contributed by atoms with Gasteiger partial charge in [-0.1, -0.05) is 42.3 Å². The Kier molecular flexibility index (Phi) is 4.82. The average molecular weight is 367 g/mol. The van der Waals surface area contributed by atoms with Crippen LogP contribution in [0.2, 0.25) is 0 Å². The first kappa shape index (κ1) is 17.3. The van der Waals surface area contributed by atoms with Crippen LogP contribution in [0.15, 0.2) is 58.3 Å². The fraction of sp³-hybridized carbons (Fsp3) is 0.364. The maximum atomic E-state index is 12.0. The van der Waals surface area contributed by atoms with E-state index in [1.807, 2.05) is 30.2 Å². The van der Waals surface area contributed by atoms with Crippen molar-refractivity contribution in [2.24, 2.45) is 0 Å². The van der Waals surface area contributed by atoms with Crippen LogP contribution < -0.4 is 0 Å². The van der Waals surface area contributed by atoms with Crippen molar-refractivity contribution in [2.45, 2.75) is 39.0 Å². The Bertz CT molecular complexity index is 866. The predicted octanol–water partition coefficient (Wildman–Crippen LogP) is 4.80. The smallest absolute Gasteiger partial charge is 0.222 e. The lowest BCUT2D eigenvalue weighted by molar-refractivity contribution is -0.131. The molecule has 1 saturated heterocycles. The van der Waals surface area contributed by atoms with Gasteiger partial charge in [0.05, 0.1) is 5.69 Å². The maximum absolute atomic E-state index is 12.0. The minimum atomic E-state index is 0.251. The van der Waals surface area contributed by atoms with Gasteiger partial charge in [0.25, 0.3) is 0 Å². The molecule has 4 heteroatoms. The van der Waals surface area contributed by atoms with Crippen LogP contribution in [0, 0.1) is 0 Å². The molecule has 0 aromatic carbocycles. The van der Waals surface area contributed by atoms with E-state index in [2.05, 4.69) is 18.2 Å². The van der Waals surface area contributed by atoms with Gasteiger partial charge in [-0.25, -0.2) is 0 Å². The number of carbonyl (C=O) groups excluding carboxylic acids is 1. The Morgan fingerprint density at radius 1 is 1.27 bits per heavy atom. The number of amides is 1. The summed E-state index contributed by atoms with van der Waals surface area (Å²) in [7, 11) is 0. The van der Waals surface area contributed by atoms with E-state index in [9.17, 15) is 4.79 Å². The Labute approximate surface area is 159 Å². The Morgan fingerprint density at radius 3 is 2.85 bits per heavy atom. The molecule has 0 unspecified atom stereocenters. The van der Waals surface area contributed by atoms with E-state index >= 15 is 0 Å². The number of aromatic nitrogens is 1. The first-order chi connectivity index (χ1) is 12.7. The number of piperidine rings is 1. The fourth-order valence-electron chi connectivity index (χ4n) is 4.09. The first-order valence-corrected chi connectivity index (χ1v) is 9.75. The van der Waals surface area contributed by atoms with Crippen LogP contribution in [-0.2, 0) is 11.2 Å². The highest BCUT2D eigenvalue weighted by Gasteiger charge is 2.27. The second-order valence-corrected chi connectivity index (χ2v) is 7.51. The first-order valence-electron chi connectivity index (χ1n) is 9.37. The fourth-order valence-corrected chi connectivity index (χ4v) is 4.30. The van der Waals surface area contributed by atoms with E-state index in [0.717, 1.165) is 49.5 Å². The predicted molar refractivity (Wildman–Crippen MR) is 106 cm³/mol. The Morgan fingerprint density at radius 2 is 2.08 bits per heavy atom. The maximum Gasteiger partial charge on any atom is 0.222 e. The summed E-state index contributed by atoms with van der Waals surface area (Å²) < 4.78 is 0. The molecule has 3 aliphatic rings. The molecule has 1 fully saturated rings. The van der Waals surface area contributed by atoms with Gasteiger partial charge in [0.2, 0.25) is 5.91 Å². The molecule has 4 rings (SSSR count). The lowest BCUT2D eigenvalue weighted by Gasteiger charge is -2.31. The summed E-state index contributed by atoms with van der Waals surface area (Å²) >= 11 is 6.30. The largest absolute Gasteiger partial charge is 0.342 e. The van der Waals surface area contributed by atoms with Crippen LogP contribution in [0.5, 0.6) is 0 Å². The van der Waals surface area contributed by atoms with Crippen LogP contribution in [0.4, 0.5) is 0 Å². The third-order valence-electron chi connectivity index (χ3n) is 5.48. The lowest BCUT2D eigenvalue weighted by Crippen LogP contribution is -2.36. The van der Waals surface area contributed by atoms with Gasteiger partial charge in [-0.15, -0.1) is 0 Å². The topological polar surface area (TPSA) is 33.2 Å². The van der Waals surface area contributed by atoms with Crippen LogP contribution in [0.3, 0.4) is 0 Å². The number of allylic oxidation sites excluding steroid dienone is 7. The molecule has 0 radical (unpaired) electrons. The minimum absolute atomic E-state index is 0.251. The summed E-state index contributed by atoms with van der Waals surface area (Å²) in [5, 5.41) is 0.881. The van der Waals surface area contributed by atoms with Gasteiger partial charge in [-0.05, 0) is 48.1 Å². The molecular weight excluding hydrogens is 344 g/mol. The second kappa shape index (κ2) is 7.24. The van der Waals surface area contributed by atoms with Gasteiger partial charge in [0, 0.05) is 42.7 Å². The Balaban J connectivity index is 1.79. The quantitative estimate of drug-likeness (QED) is 0.715. The third-order valence-corrected chi connectivity index (χ3v) is 5.74. The van der Waals surface area contributed by atoms with E-state index in [1.54, 1.807) is 0 Å². The molecule has 0 N–H and O–H groups in total. The minimum Gasteiger partial charge on any atom is -0.342 e. The second-order valence-electron chi connectivity index (χ2n) is 7.03. The highest BCUT2D eigenvalue weighted by Crippen LogP contribution is 2.42. The molecule has 26 heavy (non-hydrogen) atoms. The number of halogens is 1. The van der Waals surface area contributed by atoms with Crippen LogP contribution >= 0.6 is 11.6 Å². The zero-order valence-corrected chi connectivity index (χ0v) is 15.9. The zero-order chi connectivity index (χ0) is 18.1. The number of carbonyl (C=O) groups is 1. The van der Waals surface area contributed by atoms with E-state index in [0.29, 0.717) is 6.42 Å². The van der Waals surface area contributed by atoms with Crippen molar-refractivity contribution in [1.82, 2.24) is 9.88 Å². The van der Waals surface area contributed by atoms with Gasteiger partial charge in [-0.3, -0.25) is 9.78 Å². The van der Waals surface area contributed by atoms with Gasteiger partial charge < -0.3 is 4.90 Å². The van der Waals surface area contributed by atoms with Gasteiger partial charge in [0.1, 0.15) is 0 Å². The Hall–Kier alpha value is -2.13. The van der Waals surface area contributed by atoms with E-state index in [4.69, 9.17) is 16.6 Å². The molecule has 0 spiro atoms. The standard InChI is InChI=1S/C22H23ClN2O/c1-2-20(26)25-12-9-15(10-13-25)21-19-8-7-18(23)14-17(19)6-5-16-4-3-11-24-22(16)21/h3-4,6-8,11H,2,5,9-10,12-14H2,1H3. The molecule has 1 aromatic heterocycles. The van der Waals surface area contributed by atoms with Crippen molar-refractivity contribution in [3.63, 3.8) is 0 Å². The number of likely N-dealkylation sites (tertiary alicyclic amines) is 1.